The lowest BCUT2D eigenvalue weighted by Crippen LogP contribution is -2.45. The number of anilines is 1. The molecular weight excluding hydrogens is 400 g/mol. The van der Waals surface area contributed by atoms with E-state index in [4.69, 9.17) is 4.74 Å². The Morgan fingerprint density at radius 2 is 1.87 bits per heavy atom. The van der Waals surface area contributed by atoms with Gasteiger partial charge in [0, 0.05) is 38.1 Å². The molecule has 0 saturated carbocycles. The topological polar surface area (TPSA) is 83.0 Å². The van der Waals surface area contributed by atoms with Gasteiger partial charge in [-0.15, -0.1) is 0 Å². The van der Waals surface area contributed by atoms with E-state index < -0.39 is 9.84 Å². The molecule has 2 N–H and O–H groups in total. The second-order valence-electron chi connectivity index (χ2n) is 7.50. The fourth-order valence-corrected chi connectivity index (χ4v) is 4.01. The SMILES string of the molecule is CN=C(NCCOc1ccc(S(C)(=O)=O)cc1)NC1CCN(c2ccc(C)cc2)C1. The van der Waals surface area contributed by atoms with Gasteiger partial charge in [0.2, 0.25) is 0 Å². The quantitative estimate of drug-likeness (QED) is 0.398. The van der Waals surface area contributed by atoms with Gasteiger partial charge >= 0.3 is 0 Å². The summed E-state index contributed by atoms with van der Waals surface area (Å²) in [6, 6.07) is 15.4. The summed E-state index contributed by atoms with van der Waals surface area (Å²) >= 11 is 0. The molecule has 3 rings (SSSR count). The van der Waals surface area contributed by atoms with E-state index in [1.165, 1.54) is 17.5 Å². The lowest BCUT2D eigenvalue weighted by molar-refractivity contribution is 0.321. The third-order valence-electron chi connectivity index (χ3n) is 5.07. The Bertz CT molecular complexity index is 957. The fourth-order valence-electron chi connectivity index (χ4n) is 3.38. The van der Waals surface area contributed by atoms with E-state index in [1.54, 1.807) is 31.3 Å². The van der Waals surface area contributed by atoms with Crippen LogP contribution in [0.3, 0.4) is 0 Å². The number of guanidine groups is 1. The number of sulfone groups is 1. The maximum absolute atomic E-state index is 11.5. The second kappa shape index (κ2) is 9.84. The monoisotopic (exact) mass is 430 g/mol. The molecule has 1 aliphatic rings. The number of nitrogens with zero attached hydrogens (tertiary/aromatic N) is 2. The first-order chi connectivity index (χ1) is 14.3. The lowest BCUT2D eigenvalue weighted by Gasteiger charge is -2.20. The highest BCUT2D eigenvalue weighted by atomic mass is 32.2. The molecule has 0 spiro atoms. The van der Waals surface area contributed by atoms with Crippen LogP contribution in [0.5, 0.6) is 5.75 Å². The van der Waals surface area contributed by atoms with Crippen LogP contribution in [0.4, 0.5) is 5.69 Å². The molecule has 1 atom stereocenters. The van der Waals surface area contributed by atoms with Crippen LogP contribution >= 0.6 is 0 Å². The molecule has 0 aliphatic carbocycles. The van der Waals surface area contributed by atoms with E-state index in [0.717, 1.165) is 25.5 Å². The highest BCUT2D eigenvalue weighted by Crippen LogP contribution is 2.20. The Hall–Kier alpha value is -2.74. The minimum Gasteiger partial charge on any atom is -0.492 e. The van der Waals surface area contributed by atoms with Crippen molar-refractivity contribution in [3.8, 4) is 5.75 Å². The van der Waals surface area contributed by atoms with Gasteiger partial charge in [0.15, 0.2) is 15.8 Å². The van der Waals surface area contributed by atoms with Gasteiger partial charge in [-0.05, 0) is 49.7 Å². The predicted octanol–water partition coefficient (Wildman–Crippen LogP) is 2.22. The zero-order valence-corrected chi connectivity index (χ0v) is 18.6. The van der Waals surface area contributed by atoms with Gasteiger partial charge in [0.25, 0.3) is 0 Å². The molecule has 0 bridgehead atoms. The number of benzene rings is 2. The molecule has 0 amide bonds. The van der Waals surface area contributed by atoms with E-state index in [9.17, 15) is 8.42 Å². The normalized spacial score (nSPS) is 17.1. The first-order valence-electron chi connectivity index (χ1n) is 10.1. The molecule has 162 valence electrons. The maximum Gasteiger partial charge on any atom is 0.191 e. The summed E-state index contributed by atoms with van der Waals surface area (Å²) in [6.45, 7) is 5.08. The molecule has 0 radical (unpaired) electrons. The average molecular weight is 431 g/mol. The Kier molecular flexibility index (Phi) is 7.20. The van der Waals surface area contributed by atoms with Crippen molar-refractivity contribution in [2.24, 2.45) is 4.99 Å². The summed E-state index contributed by atoms with van der Waals surface area (Å²) in [5.74, 6) is 1.39. The van der Waals surface area contributed by atoms with Crippen molar-refractivity contribution in [3.63, 3.8) is 0 Å². The molecule has 30 heavy (non-hydrogen) atoms. The fraction of sp³-hybridized carbons (Fsp3) is 0.409. The summed E-state index contributed by atoms with van der Waals surface area (Å²) in [7, 11) is -1.43. The standard InChI is InChI=1S/C22H30N4O3S/c1-17-4-6-19(7-5-17)26-14-12-18(16-26)25-22(23-2)24-13-15-29-20-8-10-21(11-9-20)30(3,27)28/h4-11,18H,12-16H2,1-3H3,(H2,23,24,25). The van der Waals surface area contributed by atoms with Gasteiger partial charge in [-0.1, -0.05) is 17.7 Å². The molecule has 1 saturated heterocycles. The summed E-state index contributed by atoms with van der Waals surface area (Å²) in [6.07, 6.45) is 2.24. The number of ether oxygens (including phenoxy) is 1. The van der Waals surface area contributed by atoms with Crippen LogP contribution in [0.2, 0.25) is 0 Å². The Balaban J connectivity index is 1.40. The molecule has 1 aliphatic heterocycles. The van der Waals surface area contributed by atoms with Crippen molar-refractivity contribution >= 4 is 21.5 Å². The predicted molar refractivity (Wildman–Crippen MR) is 121 cm³/mol. The highest BCUT2D eigenvalue weighted by molar-refractivity contribution is 7.90. The van der Waals surface area contributed by atoms with Gasteiger partial charge in [0.05, 0.1) is 11.4 Å². The molecule has 8 heteroatoms. The first kappa shape index (κ1) is 22.0. The molecule has 1 heterocycles. The lowest BCUT2D eigenvalue weighted by atomic mass is 10.2. The minimum absolute atomic E-state index is 0.286. The highest BCUT2D eigenvalue weighted by Gasteiger charge is 2.23. The van der Waals surface area contributed by atoms with Crippen LogP contribution in [0.1, 0.15) is 12.0 Å². The van der Waals surface area contributed by atoms with E-state index in [1.807, 2.05) is 0 Å². The first-order valence-corrected chi connectivity index (χ1v) is 12.0. The van der Waals surface area contributed by atoms with Gasteiger partial charge in [-0.2, -0.15) is 0 Å². The third-order valence-corrected chi connectivity index (χ3v) is 6.20. The molecule has 1 fully saturated rings. The number of aryl methyl sites for hydroxylation is 1. The van der Waals surface area contributed by atoms with Crippen LogP contribution in [0, 0.1) is 6.92 Å². The van der Waals surface area contributed by atoms with Crippen LogP contribution in [0.25, 0.3) is 0 Å². The maximum atomic E-state index is 11.5. The summed E-state index contributed by atoms with van der Waals surface area (Å²) in [5.41, 5.74) is 2.52. The van der Waals surface area contributed by atoms with Crippen LogP contribution in [0.15, 0.2) is 58.4 Å². The van der Waals surface area contributed by atoms with E-state index in [-0.39, 0.29) is 4.90 Å². The van der Waals surface area contributed by atoms with Crippen LogP contribution < -0.4 is 20.3 Å². The average Bonchev–Trinajstić information content (AvgIpc) is 3.19. The number of hydrogen-bond acceptors (Lipinski definition) is 5. The Morgan fingerprint density at radius 1 is 1.17 bits per heavy atom. The minimum atomic E-state index is -3.19. The number of aliphatic imine (C=N–C) groups is 1. The van der Waals surface area contributed by atoms with Gasteiger partial charge in [-0.25, -0.2) is 8.42 Å². The smallest absolute Gasteiger partial charge is 0.191 e. The van der Waals surface area contributed by atoms with Crippen molar-refractivity contribution in [3.05, 3.63) is 54.1 Å². The van der Waals surface area contributed by atoms with Crippen LogP contribution in [-0.4, -0.2) is 60.0 Å². The zero-order valence-electron chi connectivity index (χ0n) is 17.8. The molecule has 2 aromatic carbocycles. The number of rotatable bonds is 7. The van der Waals surface area contributed by atoms with Crippen molar-refractivity contribution in [1.29, 1.82) is 0 Å². The van der Waals surface area contributed by atoms with E-state index >= 15 is 0 Å². The largest absolute Gasteiger partial charge is 0.492 e. The summed E-state index contributed by atoms with van der Waals surface area (Å²) in [5, 5.41) is 6.74. The van der Waals surface area contributed by atoms with Gasteiger partial charge in [-0.3, -0.25) is 4.99 Å². The second-order valence-corrected chi connectivity index (χ2v) is 9.52. The van der Waals surface area contributed by atoms with Crippen molar-refractivity contribution in [2.75, 3.05) is 44.4 Å². The van der Waals surface area contributed by atoms with E-state index in [2.05, 4.69) is 51.7 Å². The molecule has 0 aromatic heterocycles. The number of hydrogen-bond donors (Lipinski definition) is 2. The Morgan fingerprint density at radius 3 is 2.50 bits per heavy atom. The van der Waals surface area contributed by atoms with E-state index in [0.29, 0.717) is 24.9 Å². The van der Waals surface area contributed by atoms with Crippen LogP contribution in [-0.2, 0) is 9.84 Å². The summed E-state index contributed by atoms with van der Waals surface area (Å²) < 4.78 is 28.7. The number of nitrogens with one attached hydrogen (secondary N) is 2. The zero-order chi connectivity index (χ0) is 21.6. The molecule has 7 nitrogen and oxygen atoms in total. The molecule has 2 aromatic rings. The van der Waals surface area contributed by atoms with Crippen molar-refractivity contribution in [2.45, 2.75) is 24.3 Å². The third kappa shape index (κ3) is 6.13. The van der Waals surface area contributed by atoms with Gasteiger partial charge < -0.3 is 20.3 Å². The van der Waals surface area contributed by atoms with Crippen molar-refractivity contribution < 1.29 is 13.2 Å². The van der Waals surface area contributed by atoms with Gasteiger partial charge in [0.1, 0.15) is 12.4 Å². The molecular formula is C22H30N4O3S. The van der Waals surface area contributed by atoms with Crippen molar-refractivity contribution in [1.82, 2.24) is 10.6 Å². The Labute approximate surface area is 179 Å². The summed E-state index contributed by atoms with van der Waals surface area (Å²) in [4.78, 5) is 6.97. The molecule has 1 unspecified atom stereocenters.